The maximum absolute atomic E-state index is 13.3. The molecule has 1 fully saturated rings. The van der Waals surface area contributed by atoms with Gasteiger partial charge < -0.3 is 9.80 Å². The summed E-state index contributed by atoms with van der Waals surface area (Å²) in [5, 5.41) is 0. The number of benzene rings is 2. The third-order valence-corrected chi connectivity index (χ3v) is 6.00. The topological polar surface area (TPSA) is 49.3 Å². The number of aromatic nitrogens is 2. The van der Waals surface area contributed by atoms with Gasteiger partial charge in [-0.1, -0.05) is 42.5 Å². The van der Waals surface area contributed by atoms with Gasteiger partial charge in [0.15, 0.2) is 0 Å². The van der Waals surface area contributed by atoms with Crippen molar-refractivity contribution in [1.29, 1.82) is 0 Å². The summed E-state index contributed by atoms with van der Waals surface area (Å²) in [6.45, 7) is 6.76. The largest absolute Gasteiger partial charge is 0.353 e. The van der Waals surface area contributed by atoms with Crippen molar-refractivity contribution in [1.82, 2.24) is 14.9 Å². The fraction of sp³-hybridized carbons (Fsp3) is 0.346. The Balaban J connectivity index is 1.42. The lowest BCUT2D eigenvalue weighted by atomic mass is 10.0. The molecule has 32 heavy (non-hydrogen) atoms. The van der Waals surface area contributed by atoms with Crippen LogP contribution in [-0.2, 0) is 17.6 Å². The van der Waals surface area contributed by atoms with Crippen LogP contribution in [-0.4, -0.2) is 47.0 Å². The van der Waals surface area contributed by atoms with Gasteiger partial charge in [0, 0.05) is 50.3 Å². The molecule has 1 amide bonds. The van der Waals surface area contributed by atoms with E-state index in [0.29, 0.717) is 25.9 Å². The van der Waals surface area contributed by atoms with Crippen molar-refractivity contribution >= 4 is 11.7 Å². The Morgan fingerprint density at radius 2 is 1.59 bits per heavy atom. The van der Waals surface area contributed by atoms with Crippen LogP contribution in [0.5, 0.6) is 0 Å². The molecule has 1 saturated heterocycles. The average Bonchev–Trinajstić information content (AvgIpc) is 2.81. The van der Waals surface area contributed by atoms with Crippen molar-refractivity contribution in [2.45, 2.75) is 33.1 Å². The highest BCUT2D eigenvalue weighted by Crippen LogP contribution is 2.25. The summed E-state index contributed by atoms with van der Waals surface area (Å²) >= 11 is 0. The average molecular weight is 433 g/mol. The van der Waals surface area contributed by atoms with E-state index in [2.05, 4.69) is 22.0 Å². The summed E-state index contributed by atoms with van der Waals surface area (Å²) in [4.78, 5) is 26.2. The number of amides is 1. The van der Waals surface area contributed by atoms with Gasteiger partial charge in [0.25, 0.3) is 0 Å². The molecule has 1 aliphatic heterocycles. The lowest BCUT2D eigenvalue weighted by molar-refractivity contribution is -0.131. The van der Waals surface area contributed by atoms with E-state index in [0.717, 1.165) is 48.0 Å². The first-order valence-corrected chi connectivity index (χ1v) is 11.1. The molecule has 0 saturated carbocycles. The van der Waals surface area contributed by atoms with E-state index in [-0.39, 0.29) is 11.7 Å². The molecule has 0 spiro atoms. The molecule has 6 heteroatoms. The molecule has 0 aliphatic carbocycles. The summed E-state index contributed by atoms with van der Waals surface area (Å²) in [6, 6.07) is 16.7. The van der Waals surface area contributed by atoms with Gasteiger partial charge in [-0.3, -0.25) is 4.79 Å². The molecule has 2 aromatic carbocycles. The normalized spacial score (nSPS) is 14.0. The number of carbonyl (C=O) groups is 1. The summed E-state index contributed by atoms with van der Waals surface area (Å²) in [5.41, 5.74) is 4.22. The zero-order chi connectivity index (χ0) is 22.5. The number of anilines is 1. The fourth-order valence-corrected chi connectivity index (χ4v) is 4.21. The van der Waals surface area contributed by atoms with E-state index in [1.54, 1.807) is 0 Å². The van der Waals surface area contributed by atoms with E-state index >= 15 is 0 Å². The van der Waals surface area contributed by atoms with E-state index < -0.39 is 0 Å². The minimum Gasteiger partial charge on any atom is -0.353 e. The molecular formula is C26H29FN4O. The second-order valence-electron chi connectivity index (χ2n) is 8.32. The molecule has 0 radical (unpaired) electrons. The lowest BCUT2D eigenvalue weighted by Crippen LogP contribution is -2.49. The number of nitrogens with zero attached hydrogens (tertiary/aromatic N) is 4. The van der Waals surface area contributed by atoms with Crippen molar-refractivity contribution in [2.75, 3.05) is 31.1 Å². The molecule has 0 unspecified atom stereocenters. The number of piperazine rings is 1. The number of carbonyl (C=O) groups excluding carboxylic acids is 1. The van der Waals surface area contributed by atoms with Gasteiger partial charge in [-0.25, -0.2) is 14.4 Å². The Kier molecular flexibility index (Phi) is 6.78. The van der Waals surface area contributed by atoms with Crippen LogP contribution in [0.4, 0.5) is 10.2 Å². The highest BCUT2D eigenvalue weighted by atomic mass is 19.1. The Morgan fingerprint density at radius 3 is 2.28 bits per heavy atom. The predicted octanol–water partition coefficient (Wildman–Crippen LogP) is 4.10. The summed E-state index contributed by atoms with van der Waals surface area (Å²) in [5.74, 6) is 1.63. The van der Waals surface area contributed by atoms with Crippen LogP contribution in [0.1, 0.15) is 34.6 Å². The van der Waals surface area contributed by atoms with Gasteiger partial charge in [-0.05, 0) is 43.5 Å². The summed E-state index contributed by atoms with van der Waals surface area (Å²) in [7, 11) is 0. The number of hydrogen-bond acceptors (Lipinski definition) is 4. The van der Waals surface area contributed by atoms with Crippen LogP contribution < -0.4 is 4.90 Å². The molecule has 1 aliphatic rings. The molecule has 1 aromatic heterocycles. The Morgan fingerprint density at radius 1 is 0.906 bits per heavy atom. The molecule has 4 rings (SSSR count). The zero-order valence-corrected chi connectivity index (χ0v) is 18.7. The highest BCUT2D eigenvalue weighted by Gasteiger charge is 2.24. The van der Waals surface area contributed by atoms with Gasteiger partial charge in [0.2, 0.25) is 5.91 Å². The van der Waals surface area contributed by atoms with Crippen LogP contribution in [0.15, 0.2) is 54.6 Å². The Hall–Kier alpha value is -3.28. The second kappa shape index (κ2) is 9.90. The number of halogens is 1. The van der Waals surface area contributed by atoms with Crippen LogP contribution in [0.3, 0.4) is 0 Å². The first kappa shape index (κ1) is 21.9. The third-order valence-electron chi connectivity index (χ3n) is 6.00. The van der Waals surface area contributed by atoms with Crippen molar-refractivity contribution in [3.63, 3.8) is 0 Å². The van der Waals surface area contributed by atoms with Gasteiger partial charge in [-0.2, -0.15) is 0 Å². The molecule has 0 bridgehead atoms. The van der Waals surface area contributed by atoms with Crippen LogP contribution >= 0.6 is 0 Å². The van der Waals surface area contributed by atoms with Crippen molar-refractivity contribution in [3.8, 4) is 0 Å². The smallest absolute Gasteiger partial charge is 0.223 e. The van der Waals surface area contributed by atoms with Crippen molar-refractivity contribution in [3.05, 3.63) is 88.6 Å². The minimum atomic E-state index is -0.237. The number of hydrogen-bond donors (Lipinski definition) is 0. The molecule has 0 atom stereocenters. The first-order chi connectivity index (χ1) is 15.5. The fourth-order valence-electron chi connectivity index (χ4n) is 4.21. The maximum Gasteiger partial charge on any atom is 0.223 e. The monoisotopic (exact) mass is 432 g/mol. The standard InChI is InChI=1S/C26H29FN4O/c1-19-24(18-22-8-11-23(27)12-9-22)26(29-20(2)28-19)31-16-14-30(15-17-31)25(32)13-10-21-6-4-3-5-7-21/h3-9,11-12H,10,13-18H2,1-2H3. The van der Waals surface area contributed by atoms with Crippen molar-refractivity contribution in [2.24, 2.45) is 0 Å². The quantitative estimate of drug-likeness (QED) is 0.588. The molecule has 5 nitrogen and oxygen atoms in total. The van der Waals surface area contributed by atoms with Crippen LogP contribution in [0.25, 0.3) is 0 Å². The summed E-state index contributed by atoms with van der Waals surface area (Å²) in [6.07, 6.45) is 1.95. The SMILES string of the molecule is Cc1nc(C)c(Cc2ccc(F)cc2)c(N2CCN(C(=O)CCc3ccccc3)CC2)n1. The number of aryl methyl sites for hydroxylation is 3. The van der Waals surface area contributed by atoms with E-state index in [4.69, 9.17) is 4.98 Å². The van der Waals surface area contributed by atoms with Gasteiger partial charge in [-0.15, -0.1) is 0 Å². The zero-order valence-electron chi connectivity index (χ0n) is 18.7. The first-order valence-electron chi connectivity index (χ1n) is 11.1. The van der Waals surface area contributed by atoms with E-state index in [1.807, 2.05) is 49.1 Å². The molecule has 166 valence electrons. The summed E-state index contributed by atoms with van der Waals surface area (Å²) < 4.78 is 13.3. The van der Waals surface area contributed by atoms with Gasteiger partial charge in [0.1, 0.15) is 17.5 Å². The molecule has 2 heterocycles. The van der Waals surface area contributed by atoms with Crippen LogP contribution in [0.2, 0.25) is 0 Å². The second-order valence-corrected chi connectivity index (χ2v) is 8.32. The highest BCUT2D eigenvalue weighted by molar-refractivity contribution is 5.76. The number of rotatable bonds is 6. The molecule has 3 aromatic rings. The van der Waals surface area contributed by atoms with E-state index in [1.165, 1.54) is 17.7 Å². The Bertz CT molecular complexity index is 1060. The third kappa shape index (κ3) is 5.31. The predicted molar refractivity (Wildman–Crippen MR) is 124 cm³/mol. The molecule has 0 N–H and O–H groups in total. The Labute approximate surface area is 188 Å². The van der Waals surface area contributed by atoms with Crippen molar-refractivity contribution < 1.29 is 9.18 Å². The van der Waals surface area contributed by atoms with Gasteiger partial charge >= 0.3 is 0 Å². The van der Waals surface area contributed by atoms with Crippen LogP contribution in [0, 0.1) is 19.7 Å². The maximum atomic E-state index is 13.3. The molecular weight excluding hydrogens is 403 g/mol. The van der Waals surface area contributed by atoms with Gasteiger partial charge in [0.05, 0.1) is 0 Å². The minimum absolute atomic E-state index is 0.204. The van der Waals surface area contributed by atoms with E-state index in [9.17, 15) is 9.18 Å². The lowest BCUT2D eigenvalue weighted by Gasteiger charge is -2.36.